The van der Waals surface area contributed by atoms with Crippen LogP contribution in [0.1, 0.15) is 24.8 Å². The van der Waals surface area contributed by atoms with Crippen LogP contribution < -0.4 is 5.32 Å². The Morgan fingerprint density at radius 3 is 2.36 bits per heavy atom. The molecular weight excluding hydrogens is 308 g/mol. The summed E-state index contributed by atoms with van der Waals surface area (Å²) in [4.78, 5) is 12.6. The highest BCUT2D eigenvalue weighted by molar-refractivity contribution is 6.30. The summed E-state index contributed by atoms with van der Waals surface area (Å²) in [5.74, 6) is -2.33. The van der Waals surface area contributed by atoms with Gasteiger partial charge in [0, 0.05) is 5.02 Å². The lowest BCUT2D eigenvalue weighted by Crippen LogP contribution is -2.46. The van der Waals surface area contributed by atoms with E-state index >= 15 is 0 Å². The van der Waals surface area contributed by atoms with Crippen molar-refractivity contribution >= 4 is 23.2 Å². The van der Waals surface area contributed by atoms with E-state index in [2.05, 4.69) is 5.32 Å². The molecule has 0 bridgehead atoms. The third-order valence-electron chi connectivity index (χ3n) is 4.24. The summed E-state index contributed by atoms with van der Waals surface area (Å²) in [5.41, 5.74) is 0.0197. The summed E-state index contributed by atoms with van der Waals surface area (Å²) in [6.07, 6.45) is 2.27. The molecule has 0 atom stereocenters. The Morgan fingerprint density at radius 2 is 1.77 bits per heavy atom. The zero-order valence-electron chi connectivity index (χ0n) is 11.7. The van der Waals surface area contributed by atoms with Crippen LogP contribution in [0.25, 0.3) is 0 Å². The average Bonchev–Trinajstić information content (AvgIpc) is 2.45. The molecule has 0 aromatic heterocycles. The summed E-state index contributed by atoms with van der Waals surface area (Å²) in [6.45, 7) is 0. The van der Waals surface area contributed by atoms with Gasteiger partial charge in [0.25, 0.3) is 0 Å². The number of benzene rings is 2. The van der Waals surface area contributed by atoms with Crippen molar-refractivity contribution in [3.63, 3.8) is 0 Å². The van der Waals surface area contributed by atoms with E-state index in [1.54, 1.807) is 12.1 Å². The van der Waals surface area contributed by atoms with Gasteiger partial charge in [0.15, 0.2) is 11.6 Å². The van der Waals surface area contributed by atoms with E-state index in [1.165, 1.54) is 12.1 Å². The van der Waals surface area contributed by atoms with Gasteiger partial charge in [-0.3, -0.25) is 4.79 Å². The number of nitrogens with one attached hydrogen (secondary N) is 1. The summed E-state index contributed by atoms with van der Waals surface area (Å²) in [6, 6.07) is 10.8. The molecule has 22 heavy (non-hydrogen) atoms. The zero-order chi connectivity index (χ0) is 15.7. The number of halogens is 3. The first-order valence-electron chi connectivity index (χ1n) is 7.04. The van der Waals surface area contributed by atoms with Gasteiger partial charge in [-0.05, 0) is 42.7 Å². The maximum atomic E-state index is 13.7. The van der Waals surface area contributed by atoms with Crippen molar-refractivity contribution in [2.45, 2.75) is 24.7 Å². The highest BCUT2D eigenvalue weighted by Gasteiger charge is 2.45. The second kappa shape index (κ2) is 5.69. The second-order valence-electron chi connectivity index (χ2n) is 5.50. The van der Waals surface area contributed by atoms with Gasteiger partial charge in [-0.1, -0.05) is 36.2 Å². The predicted octanol–water partition coefficient (Wildman–Crippen LogP) is 4.68. The minimum atomic E-state index is -1.04. The predicted molar refractivity (Wildman–Crippen MR) is 82.0 cm³/mol. The monoisotopic (exact) mass is 321 g/mol. The van der Waals surface area contributed by atoms with Crippen LogP contribution >= 0.6 is 11.6 Å². The molecule has 1 N–H and O–H groups in total. The molecule has 1 fully saturated rings. The fourth-order valence-electron chi connectivity index (χ4n) is 2.79. The molecule has 2 nitrogen and oxygen atoms in total. The lowest BCUT2D eigenvalue weighted by molar-refractivity contribution is -0.124. The first-order chi connectivity index (χ1) is 10.5. The lowest BCUT2D eigenvalue weighted by atomic mass is 9.64. The molecular formula is C17H14ClF2NO. The van der Waals surface area contributed by atoms with Crippen molar-refractivity contribution in [2.24, 2.45) is 0 Å². The Bertz CT molecular complexity index is 711. The minimum absolute atomic E-state index is 0.134. The van der Waals surface area contributed by atoms with Crippen molar-refractivity contribution in [1.29, 1.82) is 0 Å². The Hall–Kier alpha value is -1.94. The molecule has 2 aromatic carbocycles. The van der Waals surface area contributed by atoms with E-state index < -0.39 is 17.0 Å². The van der Waals surface area contributed by atoms with Crippen LogP contribution in [-0.2, 0) is 10.2 Å². The molecule has 1 aliphatic rings. The highest BCUT2D eigenvalue weighted by atomic mass is 35.5. The smallest absolute Gasteiger partial charge is 0.235 e. The van der Waals surface area contributed by atoms with Gasteiger partial charge < -0.3 is 5.32 Å². The molecule has 114 valence electrons. The van der Waals surface area contributed by atoms with Crippen molar-refractivity contribution in [3.8, 4) is 0 Å². The Balaban J connectivity index is 1.89. The third-order valence-corrected chi connectivity index (χ3v) is 4.49. The molecule has 1 saturated carbocycles. The van der Waals surface area contributed by atoms with Gasteiger partial charge in [-0.25, -0.2) is 8.78 Å². The molecule has 0 aliphatic heterocycles. The van der Waals surface area contributed by atoms with Crippen LogP contribution in [0.3, 0.4) is 0 Å². The topological polar surface area (TPSA) is 29.1 Å². The normalized spacial score (nSPS) is 16.0. The maximum Gasteiger partial charge on any atom is 0.235 e. The van der Waals surface area contributed by atoms with Gasteiger partial charge >= 0.3 is 0 Å². The van der Waals surface area contributed by atoms with Crippen LogP contribution in [-0.4, -0.2) is 5.91 Å². The van der Waals surface area contributed by atoms with Crippen molar-refractivity contribution < 1.29 is 13.6 Å². The van der Waals surface area contributed by atoms with Crippen molar-refractivity contribution in [3.05, 3.63) is 64.7 Å². The van der Waals surface area contributed by atoms with Crippen molar-refractivity contribution in [1.82, 2.24) is 0 Å². The Labute approximate surface area is 132 Å². The molecule has 0 saturated heterocycles. The summed E-state index contributed by atoms with van der Waals surface area (Å²) in [7, 11) is 0. The molecule has 0 spiro atoms. The van der Waals surface area contributed by atoms with E-state index in [9.17, 15) is 13.6 Å². The molecule has 2 aromatic rings. The fourth-order valence-corrected chi connectivity index (χ4v) is 2.91. The molecule has 5 heteroatoms. The van der Waals surface area contributed by atoms with Crippen LogP contribution in [0, 0.1) is 11.6 Å². The van der Waals surface area contributed by atoms with Crippen LogP contribution in [0.2, 0.25) is 5.02 Å². The highest BCUT2D eigenvalue weighted by Crippen LogP contribution is 2.45. The van der Waals surface area contributed by atoms with E-state index in [4.69, 9.17) is 11.6 Å². The van der Waals surface area contributed by atoms with Gasteiger partial charge in [0.2, 0.25) is 5.91 Å². The van der Waals surface area contributed by atoms with Crippen LogP contribution in [0.5, 0.6) is 0 Å². The SMILES string of the molecule is O=C(Nc1cccc(F)c1F)C1(c2ccc(Cl)cc2)CCC1. The molecule has 1 aliphatic carbocycles. The Kier molecular flexibility index (Phi) is 3.87. The van der Waals surface area contributed by atoms with Crippen LogP contribution in [0.4, 0.5) is 14.5 Å². The average molecular weight is 322 g/mol. The third kappa shape index (κ3) is 2.48. The number of carbonyl (C=O) groups is 1. The minimum Gasteiger partial charge on any atom is -0.323 e. The van der Waals surface area contributed by atoms with Gasteiger partial charge in [-0.15, -0.1) is 0 Å². The molecule has 0 unspecified atom stereocenters. The quantitative estimate of drug-likeness (QED) is 0.874. The summed E-state index contributed by atoms with van der Waals surface area (Å²) >= 11 is 5.88. The largest absolute Gasteiger partial charge is 0.323 e. The van der Waals surface area contributed by atoms with E-state index in [0.717, 1.165) is 18.1 Å². The summed E-state index contributed by atoms with van der Waals surface area (Å²) < 4.78 is 27.0. The molecule has 1 amide bonds. The number of amides is 1. The molecule has 3 rings (SSSR count). The number of anilines is 1. The van der Waals surface area contributed by atoms with Gasteiger partial charge in [0.1, 0.15) is 0 Å². The van der Waals surface area contributed by atoms with E-state index in [1.807, 2.05) is 12.1 Å². The van der Waals surface area contributed by atoms with Crippen LogP contribution in [0.15, 0.2) is 42.5 Å². The number of hydrogen-bond acceptors (Lipinski definition) is 1. The zero-order valence-corrected chi connectivity index (χ0v) is 12.5. The number of rotatable bonds is 3. The first-order valence-corrected chi connectivity index (χ1v) is 7.42. The Morgan fingerprint density at radius 1 is 1.09 bits per heavy atom. The first kappa shape index (κ1) is 15.0. The molecule has 0 heterocycles. The lowest BCUT2D eigenvalue weighted by Gasteiger charge is -2.40. The van der Waals surface area contributed by atoms with Gasteiger partial charge in [-0.2, -0.15) is 0 Å². The standard InChI is InChI=1S/C17H14ClF2NO/c18-12-7-5-11(6-8-12)17(9-2-10-17)16(22)21-14-4-1-3-13(19)15(14)20/h1,3-8H,2,9-10H2,(H,21,22). The number of carbonyl (C=O) groups excluding carboxylic acids is 1. The summed E-state index contributed by atoms with van der Waals surface area (Å²) in [5, 5.41) is 3.11. The van der Waals surface area contributed by atoms with E-state index in [-0.39, 0.29) is 11.6 Å². The fraction of sp³-hybridized carbons (Fsp3) is 0.235. The second-order valence-corrected chi connectivity index (χ2v) is 5.93. The van der Waals surface area contributed by atoms with Crippen molar-refractivity contribution in [2.75, 3.05) is 5.32 Å². The molecule has 0 radical (unpaired) electrons. The van der Waals surface area contributed by atoms with E-state index in [0.29, 0.717) is 17.9 Å². The van der Waals surface area contributed by atoms with Gasteiger partial charge in [0.05, 0.1) is 11.1 Å². The maximum absolute atomic E-state index is 13.7. The number of hydrogen-bond donors (Lipinski definition) is 1.